The van der Waals surface area contributed by atoms with Crippen LogP contribution in [-0.2, 0) is 0 Å². The molecule has 0 saturated carbocycles. The molecule has 94 valence electrons. The van der Waals surface area contributed by atoms with Gasteiger partial charge in [0.1, 0.15) is 0 Å². The van der Waals surface area contributed by atoms with Crippen LogP contribution < -0.4 is 5.32 Å². The fourth-order valence-corrected chi connectivity index (χ4v) is 3.43. The molecule has 1 aliphatic heterocycles. The van der Waals surface area contributed by atoms with E-state index >= 15 is 0 Å². The average molecular weight is 319 g/mol. The Balaban J connectivity index is 2.69. The fraction of sp³-hybridized carbons (Fsp3) is 0.538. The molecule has 0 unspecified atom stereocenters. The zero-order valence-corrected chi connectivity index (χ0v) is 12.8. The van der Waals surface area contributed by atoms with Gasteiger partial charge in [0.25, 0.3) is 0 Å². The van der Waals surface area contributed by atoms with E-state index in [-0.39, 0.29) is 11.5 Å². The summed E-state index contributed by atoms with van der Waals surface area (Å²) < 4.78 is 0.885. The molecule has 2 nitrogen and oxygen atoms in total. The third-order valence-corrected chi connectivity index (χ3v) is 4.83. The van der Waals surface area contributed by atoms with Crippen molar-refractivity contribution in [1.29, 1.82) is 0 Å². The number of hydrogen-bond donors (Lipinski definition) is 2. The van der Waals surface area contributed by atoms with Gasteiger partial charge < -0.3 is 10.4 Å². The Hall–Kier alpha value is -0.250. The predicted molar refractivity (Wildman–Crippen MR) is 76.0 cm³/mol. The van der Waals surface area contributed by atoms with Crippen LogP contribution in [-0.4, -0.2) is 16.7 Å². The first-order chi connectivity index (χ1) is 7.75. The number of nitrogens with one attached hydrogen (secondary N) is 1. The number of aliphatic hydroxyl groups is 1. The zero-order chi connectivity index (χ0) is 13.0. The van der Waals surface area contributed by atoms with Crippen molar-refractivity contribution in [2.24, 2.45) is 0 Å². The molecule has 4 heteroatoms. The first-order valence-corrected chi connectivity index (χ1v) is 6.87. The Morgan fingerprint density at radius 1 is 1.47 bits per heavy atom. The van der Waals surface area contributed by atoms with Gasteiger partial charge in [0.05, 0.1) is 16.7 Å². The van der Waals surface area contributed by atoms with E-state index in [1.807, 2.05) is 33.8 Å². The lowest BCUT2D eigenvalue weighted by molar-refractivity contribution is 0.0869. The third-order valence-electron chi connectivity index (χ3n) is 3.57. The number of fused-ring (bicyclic) bond motifs is 1. The minimum absolute atomic E-state index is 0.0185. The van der Waals surface area contributed by atoms with Crippen molar-refractivity contribution in [3.05, 3.63) is 26.7 Å². The van der Waals surface area contributed by atoms with E-state index in [0.29, 0.717) is 5.02 Å². The summed E-state index contributed by atoms with van der Waals surface area (Å²) in [6.07, 6.45) is -0.457. The molecule has 1 aliphatic rings. The zero-order valence-electron chi connectivity index (χ0n) is 10.4. The number of benzene rings is 1. The molecule has 0 saturated heterocycles. The van der Waals surface area contributed by atoms with Crippen LogP contribution in [0.1, 0.15) is 37.8 Å². The number of anilines is 1. The van der Waals surface area contributed by atoms with Gasteiger partial charge in [0.15, 0.2) is 0 Å². The predicted octanol–water partition coefficient (Wildman–Crippen LogP) is 4.08. The molecule has 2 atom stereocenters. The van der Waals surface area contributed by atoms with Gasteiger partial charge in [0, 0.05) is 21.6 Å². The van der Waals surface area contributed by atoms with Crippen LogP contribution in [0.4, 0.5) is 5.69 Å². The highest BCUT2D eigenvalue weighted by atomic mass is 79.9. The highest BCUT2D eigenvalue weighted by Gasteiger charge is 2.40. The highest BCUT2D eigenvalue weighted by Crippen LogP contribution is 2.46. The van der Waals surface area contributed by atoms with Crippen molar-refractivity contribution in [3.63, 3.8) is 0 Å². The van der Waals surface area contributed by atoms with Gasteiger partial charge in [-0.1, -0.05) is 18.5 Å². The SMILES string of the molecule is Cc1cc(Br)c(Cl)c2c1NC(C)(C)[C@H](O)[C@@H]2C. The Labute approximate surface area is 115 Å². The number of hydrogen-bond acceptors (Lipinski definition) is 2. The quantitative estimate of drug-likeness (QED) is 0.755. The fourth-order valence-electron chi connectivity index (χ4n) is 2.55. The van der Waals surface area contributed by atoms with Crippen molar-refractivity contribution in [3.8, 4) is 0 Å². The van der Waals surface area contributed by atoms with Gasteiger partial charge in [-0.05, 0) is 48.3 Å². The standard InChI is InChI=1S/C13H17BrClNO/c1-6-5-8(14)10(15)9-7(2)12(17)13(3,4)16-11(6)9/h5,7,12,16-17H,1-4H3/t7-,12-/m1/s1. The minimum atomic E-state index is -0.457. The lowest BCUT2D eigenvalue weighted by Gasteiger charge is -2.43. The molecule has 0 amide bonds. The average Bonchev–Trinajstić information content (AvgIpc) is 2.22. The summed E-state index contributed by atoms with van der Waals surface area (Å²) in [6.45, 7) is 8.08. The van der Waals surface area contributed by atoms with Crippen LogP contribution >= 0.6 is 27.5 Å². The molecule has 0 bridgehead atoms. The maximum Gasteiger partial charge on any atom is 0.0831 e. The number of halogens is 2. The van der Waals surface area contributed by atoms with Gasteiger partial charge in [-0.15, -0.1) is 0 Å². The first kappa shape index (κ1) is 13.2. The molecule has 2 rings (SSSR count). The molecule has 0 aromatic heterocycles. The van der Waals surface area contributed by atoms with Crippen molar-refractivity contribution < 1.29 is 5.11 Å². The van der Waals surface area contributed by atoms with E-state index < -0.39 is 6.10 Å². The number of aryl methyl sites for hydroxylation is 1. The van der Waals surface area contributed by atoms with Gasteiger partial charge in [0.2, 0.25) is 0 Å². The van der Waals surface area contributed by atoms with E-state index in [2.05, 4.69) is 21.2 Å². The van der Waals surface area contributed by atoms with Crippen molar-refractivity contribution in [1.82, 2.24) is 0 Å². The van der Waals surface area contributed by atoms with E-state index in [0.717, 1.165) is 21.3 Å². The molecule has 1 heterocycles. The second-order valence-electron chi connectivity index (χ2n) is 5.36. The summed E-state index contributed by atoms with van der Waals surface area (Å²) in [5.74, 6) is 0.0185. The van der Waals surface area contributed by atoms with Gasteiger partial charge in [-0.25, -0.2) is 0 Å². The largest absolute Gasteiger partial charge is 0.390 e. The molecule has 0 spiro atoms. The van der Waals surface area contributed by atoms with Crippen LogP contribution in [0.2, 0.25) is 5.02 Å². The summed E-state index contributed by atoms with van der Waals surface area (Å²) in [5.41, 5.74) is 2.86. The van der Waals surface area contributed by atoms with Gasteiger partial charge in [-0.3, -0.25) is 0 Å². The van der Waals surface area contributed by atoms with Crippen LogP contribution in [0.5, 0.6) is 0 Å². The first-order valence-electron chi connectivity index (χ1n) is 5.70. The van der Waals surface area contributed by atoms with Crippen LogP contribution in [0, 0.1) is 6.92 Å². The Kier molecular flexibility index (Phi) is 3.22. The Morgan fingerprint density at radius 3 is 2.65 bits per heavy atom. The molecule has 1 aromatic carbocycles. The summed E-state index contributed by atoms with van der Waals surface area (Å²) in [7, 11) is 0. The lowest BCUT2D eigenvalue weighted by atomic mass is 9.78. The number of aliphatic hydroxyl groups excluding tert-OH is 1. The maximum atomic E-state index is 10.3. The molecule has 17 heavy (non-hydrogen) atoms. The molecular weight excluding hydrogens is 302 g/mol. The molecule has 0 aliphatic carbocycles. The third kappa shape index (κ3) is 1.98. The molecule has 0 radical (unpaired) electrons. The molecular formula is C13H17BrClNO. The maximum absolute atomic E-state index is 10.3. The van der Waals surface area contributed by atoms with Crippen LogP contribution in [0.3, 0.4) is 0 Å². The second-order valence-corrected chi connectivity index (χ2v) is 6.59. The Morgan fingerprint density at radius 2 is 2.06 bits per heavy atom. The Bertz CT molecular complexity index is 473. The van der Waals surface area contributed by atoms with E-state index in [9.17, 15) is 5.11 Å². The van der Waals surface area contributed by atoms with Crippen LogP contribution in [0.15, 0.2) is 10.5 Å². The normalized spacial score (nSPS) is 26.3. The van der Waals surface area contributed by atoms with Crippen molar-refractivity contribution in [2.45, 2.75) is 45.3 Å². The summed E-state index contributed by atoms with van der Waals surface area (Å²) in [5, 5.41) is 14.4. The van der Waals surface area contributed by atoms with Crippen molar-refractivity contribution in [2.75, 3.05) is 5.32 Å². The molecule has 1 aromatic rings. The monoisotopic (exact) mass is 317 g/mol. The van der Waals surface area contributed by atoms with E-state index in [4.69, 9.17) is 11.6 Å². The molecule has 2 N–H and O–H groups in total. The smallest absolute Gasteiger partial charge is 0.0831 e. The minimum Gasteiger partial charge on any atom is -0.390 e. The van der Waals surface area contributed by atoms with Gasteiger partial charge in [-0.2, -0.15) is 0 Å². The van der Waals surface area contributed by atoms with Gasteiger partial charge >= 0.3 is 0 Å². The molecule has 0 fully saturated rings. The number of rotatable bonds is 0. The van der Waals surface area contributed by atoms with Crippen molar-refractivity contribution >= 4 is 33.2 Å². The topological polar surface area (TPSA) is 32.3 Å². The summed E-state index contributed by atoms with van der Waals surface area (Å²) >= 11 is 9.80. The second kappa shape index (κ2) is 4.15. The van der Waals surface area contributed by atoms with E-state index in [1.54, 1.807) is 0 Å². The van der Waals surface area contributed by atoms with E-state index in [1.165, 1.54) is 0 Å². The van der Waals surface area contributed by atoms with Crippen LogP contribution in [0.25, 0.3) is 0 Å². The highest BCUT2D eigenvalue weighted by molar-refractivity contribution is 9.10. The lowest BCUT2D eigenvalue weighted by Crippen LogP contribution is -2.50. The summed E-state index contributed by atoms with van der Waals surface area (Å²) in [6, 6.07) is 2.01. The summed E-state index contributed by atoms with van der Waals surface area (Å²) in [4.78, 5) is 0.